The van der Waals surface area contributed by atoms with Crippen molar-refractivity contribution in [2.75, 3.05) is 26.2 Å². The highest BCUT2D eigenvalue weighted by molar-refractivity contribution is 5.89. The summed E-state index contributed by atoms with van der Waals surface area (Å²) in [6, 6.07) is 19.7. The number of hydrogen-bond donors (Lipinski definition) is 3. The van der Waals surface area contributed by atoms with Crippen molar-refractivity contribution in [3.63, 3.8) is 0 Å². The average Bonchev–Trinajstić information content (AvgIpc) is 3.73. The standard InChI is InChI=1S/C29H38N8O2/c1-20(30)28(38)31-26(12-13-27-32-34-35-33-27)29(39)37-18-24(22-10-6-3-7-11-22)16-25(37)19-36-15-14-23(17-36)21-8-4-2-5-9-21/h2-11,20,23-26H,12-19,30H2,1H3,(H,31,38)(H,32,33,34,35)/t20-,23+,24-,25-,26-/m0/s1. The van der Waals surface area contributed by atoms with Gasteiger partial charge in [-0.15, -0.1) is 10.2 Å². The summed E-state index contributed by atoms with van der Waals surface area (Å²) >= 11 is 0. The Hall–Kier alpha value is -3.63. The third-order valence-corrected chi connectivity index (χ3v) is 8.05. The van der Waals surface area contributed by atoms with E-state index in [1.165, 1.54) is 11.1 Å². The van der Waals surface area contributed by atoms with Gasteiger partial charge in [-0.1, -0.05) is 65.9 Å². The Labute approximate surface area is 229 Å². The second-order valence-corrected chi connectivity index (χ2v) is 10.9. The zero-order valence-electron chi connectivity index (χ0n) is 22.4. The SMILES string of the molecule is C[C@H](N)C(=O)N[C@@H](CCc1nn[nH]n1)C(=O)N1C[C@@H](c2ccccc2)C[C@H]1CN1CC[C@@H](c2ccccc2)C1. The molecule has 2 fully saturated rings. The lowest BCUT2D eigenvalue weighted by molar-refractivity contribution is -0.137. The molecule has 0 unspecified atom stereocenters. The smallest absolute Gasteiger partial charge is 0.245 e. The van der Waals surface area contributed by atoms with Gasteiger partial charge in [0.2, 0.25) is 11.8 Å². The number of carbonyl (C=O) groups excluding carboxylic acids is 2. The molecule has 1 aromatic heterocycles. The van der Waals surface area contributed by atoms with E-state index in [9.17, 15) is 9.59 Å². The molecule has 2 aliphatic heterocycles. The van der Waals surface area contributed by atoms with Gasteiger partial charge < -0.3 is 20.9 Å². The molecule has 5 atom stereocenters. The predicted molar refractivity (Wildman–Crippen MR) is 148 cm³/mol. The molecular weight excluding hydrogens is 492 g/mol. The van der Waals surface area contributed by atoms with Gasteiger partial charge in [-0.3, -0.25) is 9.59 Å². The number of H-pyrrole nitrogens is 1. The zero-order chi connectivity index (χ0) is 27.2. The lowest BCUT2D eigenvalue weighted by atomic mass is 9.96. The van der Waals surface area contributed by atoms with E-state index in [4.69, 9.17) is 5.73 Å². The minimum atomic E-state index is -0.713. The van der Waals surface area contributed by atoms with Crippen LogP contribution in [0.4, 0.5) is 0 Å². The molecule has 0 aliphatic carbocycles. The van der Waals surface area contributed by atoms with E-state index < -0.39 is 12.1 Å². The molecule has 0 spiro atoms. The van der Waals surface area contributed by atoms with Crippen LogP contribution in [0.25, 0.3) is 0 Å². The van der Waals surface area contributed by atoms with Crippen LogP contribution in [0.5, 0.6) is 0 Å². The molecule has 3 heterocycles. The molecule has 2 amide bonds. The summed E-state index contributed by atoms with van der Waals surface area (Å²) in [5.74, 6) is 0.841. The van der Waals surface area contributed by atoms with Crippen LogP contribution in [-0.4, -0.2) is 86.5 Å². The third-order valence-electron chi connectivity index (χ3n) is 8.05. The second kappa shape index (κ2) is 12.5. The van der Waals surface area contributed by atoms with Crippen LogP contribution in [0.15, 0.2) is 60.7 Å². The van der Waals surface area contributed by atoms with Crippen molar-refractivity contribution in [3.8, 4) is 0 Å². The molecule has 2 aliphatic rings. The Balaban J connectivity index is 1.33. The highest BCUT2D eigenvalue weighted by Gasteiger charge is 2.40. The van der Waals surface area contributed by atoms with Gasteiger partial charge in [0.25, 0.3) is 0 Å². The van der Waals surface area contributed by atoms with Gasteiger partial charge in [0, 0.05) is 38.0 Å². The first-order chi connectivity index (χ1) is 19.0. The number of likely N-dealkylation sites (tertiary alicyclic amines) is 2. The minimum Gasteiger partial charge on any atom is -0.343 e. The quantitative estimate of drug-likeness (QED) is 0.364. The van der Waals surface area contributed by atoms with Crippen molar-refractivity contribution < 1.29 is 9.59 Å². The Morgan fingerprint density at radius 1 is 1.05 bits per heavy atom. The van der Waals surface area contributed by atoms with E-state index >= 15 is 0 Å². The zero-order valence-corrected chi connectivity index (χ0v) is 22.4. The summed E-state index contributed by atoms with van der Waals surface area (Å²) in [4.78, 5) is 31.2. The van der Waals surface area contributed by atoms with Crippen LogP contribution in [0.1, 0.15) is 55.0 Å². The number of carbonyl (C=O) groups is 2. The predicted octanol–water partition coefficient (Wildman–Crippen LogP) is 1.84. The number of nitrogens with two attached hydrogens (primary N) is 1. The number of aromatic nitrogens is 4. The average molecular weight is 531 g/mol. The van der Waals surface area contributed by atoms with Crippen molar-refractivity contribution in [2.24, 2.45) is 5.73 Å². The number of nitrogens with one attached hydrogen (secondary N) is 2. The first kappa shape index (κ1) is 27.0. The Morgan fingerprint density at radius 2 is 1.74 bits per heavy atom. The summed E-state index contributed by atoms with van der Waals surface area (Å²) in [6.07, 6.45) is 2.79. The number of aryl methyl sites for hydroxylation is 1. The van der Waals surface area contributed by atoms with E-state index in [0.717, 1.165) is 32.5 Å². The Bertz CT molecular complexity index is 1200. The van der Waals surface area contributed by atoms with Crippen LogP contribution in [0, 0.1) is 0 Å². The van der Waals surface area contributed by atoms with Crippen LogP contribution in [0.2, 0.25) is 0 Å². The molecule has 206 valence electrons. The van der Waals surface area contributed by atoms with E-state index in [2.05, 4.69) is 85.4 Å². The summed E-state index contributed by atoms with van der Waals surface area (Å²) in [5.41, 5.74) is 8.46. The highest BCUT2D eigenvalue weighted by Crippen LogP contribution is 2.35. The number of benzene rings is 2. The van der Waals surface area contributed by atoms with Gasteiger partial charge in [0.15, 0.2) is 5.82 Å². The Morgan fingerprint density at radius 3 is 2.38 bits per heavy atom. The van der Waals surface area contributed by atoms with Gasteiger partial charge in [-0.05, 0) is 49.8 Å². The maximum atomic E-state index is 14.1. The van der Waals surface area contributed by atoms with E-state index in [-0.39, 0.29) is 23.8 Å². The second-order valence-electron chi connectivity index (χ2n) is 10.9. The van der Waals surface area contributed by atoms with E-state index in [0.29, 0.717) is 31.1 Å². The van der Waals surface area contributed by atoms with E-state index in [1.54, 1.807) is 6.92 Å². The Kier molecular flexibility index (Phi) is 8.63. The van der Waals surface area contributed by atoms with Crippen LogP contribution < -0.4 is 11.1 Å². The fourth-order valence-electron chi connectivity index (χ4n) is 5.94. The molecule has 5 rings (SSSR count). The fourth-order valence-corrected chi connectivity index (χ4v) is 5.94. The van der Waals surface area contributed by atoms with Gasteiger partial charge in [0.05, 0.1) is 6.04 Å². The molecular formula is C29H38N8O2. The maximum Gasteiger partial charge on any atom is 0.245 e. The van der Waals surface area contributed by atoms with Gasteiger partial charge >= 0.3 is 0 Å². The normalized spacial score (nSPS) is 23.0. The maximum absolute atomic E-state index is 14.1. The molecule has 0 radical (unpaired) electrons. The van der Waals surface area contributed by atoms with Crippen molar-refractivity contribution in [2.45, 2.75) is 62.6 Å². The molecule has 3 aromatic rings. The van der Waals surface area contributed by atoms with Crippen LogP contribution >= 0.6 is 0 Å². The van der Waals surface area contributed by atoms with Crippen molar-refractivity contribution in [3.05, 3.63) is 77.6 Å². The first-order valence-electron chi connectivity index (χ1n) is 13.9. The molecule has 0 saturated carbocycles. The number of amides is 2. The molecule has 2 aromatic carbocycles. The van der Waals surface area contributed by atoms with Crippen molar-refractivity contribution in [1.29, 1.82) is 0 Å². The van der Waals surface area contributed by atoms with Crippen LogP contribution in [-0.2, 0) is 16.0 Å². The summed E-state index contributed by atoms with van der Waals surface area (Å²) in [5, 5.41) is 17.0. The largest absolute Gasteiger partial charge is 0.343 e. The van der Waals surface area contributed by atoms with Gasteiger partial charge in [0.1, 0.15) is 6.04 Å². The number of aromatic amines is 1. The lowest BCUT2D eigenvalue weighted by Gasteiger charge is -2.32. The number of tetrazole rings is 1. The topological polar surface area (TPSA) is 133 Å². The third kappa shape index (κ3) is 6.69. The van der Waals surface area contributed by atoms with Crippen molar-refractivity contribution >= 4 is 11.8 Å². The number of nitrogens with zero attached hydrogens (tertiary/aromatic N) is 5. The molecule has 4 N–H and O–H groups in total. The van der Waals surface area contributed by atoms with E-state index in [1.807, 2.05) is 11.0 Å². The summed E-state index contributed by atoms with van der Waals surface area (Å²) < 4.78 is 0. The monoisotopic (exact) mass is 530 g/mol. The molecule has 39 heavy (non-hydrogen) atoms. The number of rotatable bonds is 10. The first-order valence-corrected chi connectivity index (χ1v) is 13.9. The highest BCUT2D eigenvalue weighted by atomic mass is 16.2. The van der Waals surface area contributed by atoms with Gasteiger partial charge in [-0.2, -0.15) is 5.21 Å². The van der Waals surface area contributed by atoms with Crippen molar-refractivity contribution in [1.82, 2.24) is 35.7 Å². The summed E-state index contributed by atoms with van der Waals surface area (Å²) in [7, 11) is 0. The van der Waals surface area contributed by atoms with Gasteiger partial charge in [-0.25, -0.2) is 0 Å². The lowest BCUT2D eigenvalue weighted by Crippen LogP contribution is -2.54. The molecule has 0 bridgehead atoms. The fraction of sp³-hybridized carbons (Fsp3) is 0.483. The minimum absolute atomic E-state index is 0.0529. The molecule has 10 nitrogen and oxygen atoms in total. The van der Waals surface area contributed by atoms with Crippen LogP contribution in [0.3, 0.4) is 0 Å². The molecule has 2 saturated heterocycles. The summed E-state index contributed by atoms with van der Waals surface area (Å²) in [6.45, 7) is 5.06. The number of hydrogen-bond acceptors (Lipinski definition) is 7. The molecule has 10 heteroatoms.